The molecule has 5 rings (SSSR count). The lowest BCUT2D eigenvalue weighted by atomic mass is 9.84. The van der Waals surface area contributed by atoms with Gasteiger partial charge in [0.1, 0.15) is 29.6 Å². The van der Waals surface area contributed by atoms with Gasteiger partial charge in [0, 0.05) is 41.7 Å². The van der Waals surface area contributed by atoms with E-state index in [9.17, 15) is 23.5 Å². The predicted octanol–water partition coefficient (Wildman–Crippen LogP) is 3.31. The fourth-order valence-corrected chi connectivity index (χ4v) is 4.82. The molecule has 10 heteroatoms. The quantitative estimate of drug-likeness (QED) is 0.451. The SMILES string of the molecule is O=C(C[C@@H]1C[C@@H]2c3cc(NC(=O)c4cccnc4)ccc3O[C@@H]2[C@@H](CO)O1)NCc1cc(F)ccc1F. The molecule has 1 aromatic heterocycles. The zero-order valence-corrected chi connectivity index (χ0v) is 19.7. The average molecular weight is 510 g/mol. The molecule has 3 N–H and O–H groups in total. The van der Waals surface area contributed by atoms with Crippen molar-refractivity contribution >= 4 is 17.5 Å². The lowest BCUT2D eigenvalue weighted by Gasteiger charge is -2.37. The molecule has 3 aromatic rings. The molecule has 4 atom stereocenters. The number of aliphatic hydroxyl groups is 1. The summed E-state index contributed by atoms with van der Waals surface area (Å²) in [6.45, 7) is -0.455. The standard InChI is InChI=1S/C27H25F2N3O5/c28-17-3-5-22(29)16(8-17)13-31-25(34)11-19-10-21-20-9-18(32-27(35)15-2-1-7-30-12-15)4-6-23(20)37-26(21)24(14-33)36-19/h1-9,12,19,21,24,26,33H,10-11,13-14H2,(H,31,34)(H,32,35)/t19-,21+,24+,26-/m0/s1. The van der Waals surface area contributed by atoms with Crippen molar-refractivity contribution in [2.45, 2.75) is 43.6 Å². The number of anilines is 1. The fourth-order valence-electron chi connectivity index (χ4n) is 4.82. The highest BCUT2D eigenvalue weighted by Crippen LogP contribution is 2.47. The summed E-state index contributed by atoms with van der Waals surface area (Å²) in [5, 5.41) is 15.4. The van der Waals surface area contributed by atoms with Crippen LogP contribution in [0.2, 0.25) is 0 Å². The molecule has 1 fully saturated rings. The van der Waals surface area contributed by atoms with E-state index in [0.29, 0.717) is 23.4 Å². The Morgan fingerprint density at radius 3 is 2.78 bits per heavy atom. The molecular weight excluding hydrogens is 484 g/mol. The van der Waals surface area contributed by atoms with Crippen molar-refractivity contribution in [3.05, 3.63) is 89.2 Å². The molecule has 1 saturated heterocycles. The van der Waals surface area contributed by atoms with Crippen LogP contribution in [-0.4, -0.2) is 46.8 Å². The second-order valence-corrected chi connectivity index (χ2v) is 9.07. The summed E-state index contributed by atoms with van der Waals surface area (Å²) in [6.07, 6.45) is 1.86. The van der Waals surface area contributed by atoms with Gasteiger partial charge in [0.25, 0.3) is 5.91 Å². The molecule has 8 nitrogen and oxygen atoms in total. The molecule has 0 spiro atoms. The van der Waals surface area contributed by atoms with Gasteiger partial charge in [-0.15, -0.1) is 0 Å². The van der Waals surface area contributed by atoms with E-state index in [-0.39, 0.29) is 42.9 Å². The first kappa shape index (κ1) is 24.8. The molecule has 2 aliphatic rings. The number of pyridine rings is 1. The summed E-state index contributed by atoms with van der Waals surface area (Å²) in [5.41, 5.74) is 1.90. The fraction of sp³-hybridized carbons (Fsp3) is 0.296. The number of hydrogen-bond acceptors (Lipinski definition) is 6. The highest BCUT2D eigenvalue weighted by atomic mass is 19.1. The third kappa shape index (κ3) is 5.45. The number of nitrogens with zero attached hydrogens (tertiary/aromatic N) is 1. The minimum absolute atomic E-state index is 0.0244. The number of ether oxygens (including phenoxy) is 2. The van der Waals surface area contributed by atoms with Crippen molar-refractivity contribution in [1.29, 1.82) is 0 Å². The van der Waals surface area contributed by atoms with Gasteiger partial charge in [0.05, 0.1) is 24.7 Å². The van der Waals surface area contributed by atoms with Crippen molar-refractivity contribution in [3.8, 4) is 5.75 Å². The lowest BCUT2D eigenvalue weighted by Crippen LogP contribution is -2.47. The van der Waals surface area contributed by atoms with E-state index in [4.69, 9.17) is 9.47 Å². The van der Waals surface area contributed by atoms with Gasteiger partial charge in [-0.1, -0.05) is 0 Å². The van der Waals surface area contributed by atoms with Crippen LogP contribution in [-0.2, 0) is 16.1 Å². The van der Waals surface area contributed by atoms with Gasteiger partial charge in [0.15, 0.2) is 0 Å². The zero-order chi connectivity index (χ0) is 25.9. The molecule has 0 radical (unpaired) electrons. The number of amides is 2. The molecule has 0 saturated carbocycles. The van der Waals surface area contributed by atoms with Crippen molar-refractivity contribution in [1.82, 2.24) is 10.3 Å². The highest BCUT2D eigenvalue weighted by Gasteiger charge is 2.46. The number of halogens is 2. The molecule has 0 aliphatic carbocycles. The number of aliphatic hydroxyl groups excluding tert-OH is 1. The van der Waals surface area contributed by atoms with Crippen LogP contribution in [0.1, 0.15) is 40.2 Å². The first-order valence-electron chi connectivity index (χ1n) is 11.9. The first-order chi connectivity index (χ1) is 17.9. The number of carbonyl (C=O) groups excluding carboxylic acids is 2. The Morgan fingerprint density at radius 1 is 1.14 bits per heavy atom. The van der Waals surface area contributed by atoms with Crippen LogP contribution in [0.25, 0.3) is 0 Å². The maximum atomic E-state index is 13.9. The van der Waals surface area contributed by atoms with Gasteiger partial charge in [-0.05, 0) is 55.0 Å². The second kappa shape index (κ2) is 10.6. The number of rotatable bonds is 7. The number of aromatic nitrogens is 1. The number of benzene rings is 2. The van der Waals surface area contributed by atoms with E-state index < -0.39 is 29.9 Å². The van der Waals surface area contributed by atoms with Gasteiger partial charge in [-0.3, -0.25) is 14.6 Å². The summed E-state index contributed by atoms with van der Waals surface area (Å²) in [4.78, 5) is 29.1. The van der Waals surface area contributed by atoms with E-state index in [1.54, 1.807) is 30.5 Å². The topological polar surface area (TPSA) is 110 Å². The molecule has 0 unspecified atom stereocenters. The van der Waals surface area contributed by atoms with Crippen LogP contribution in [0, 0.1) is 11.6 Å². The van der Waals surface area contributed by atoms with Crippen LogP contribution < -0.4 is 15.4 Å². The van der Waals surface area contributed by atoms with Gasteiger partial charge in [-0.2, -0.15) is 0 Å². The van der Waals surface area contributed by atoms with Crippen LogP contribution in [0.3, 0.4) is 0 Å². The van der Waals surface area contributed by atoms with Crippen molar-refractivity contribution in [2.75, 3.05) is 11.9 Å². The maximum Gasteiger partial charge on any atom is 0.257 e. The van der Waals surface area contributed by atoms with Crippen molar-refractivity contribution in [2.24, 2.45) is 0 Å². The lowest BCUT2D eigenvalue weighted by molar-refractivity contribution is -0.142. The van der Waals surface area contributed by atoms with Gasteiger partial charge in [-0.25, -0.2) is 8.78 Å². The Bertz CT molecular complexity index is 1310. The third-order valence-electron chi connectivity index (χ3n) is 6.58. The molecule has 192 valence electrons. The summed E-state index contributed by atoms with van der Waals surface area (Å²) in [6, 6.07) is 11.7. The molecule has 0 bridgehead atoms. The van der Waals surface area contributed by atoms with Crippen molar-refractivity contribution in [3.63, 3.8) is 0 Å². The summed E-state index contributed by atoms with van der Waals surface area (Å²) in [5.74, 6) is -1.43. The van der Waals surface area contributed by atoms with Gasteiger partial charge >= 0.3 is 0 Å². The Morgan fingerprint density at radius 2 is 2.00 bits per heavy atom. The average Bonchev–Trinajstić information content (AvgIpc) is 3.27. The second-order valence-electron chi connectivity index (χ2n) is 9.07. The molecule has 2 amide bonds. The minimum Gasteiger partial charge on any atom is -0.487 e. The minimum atomic E-state index is -0.655. The summed E-state index contributed by atoms with van der Waals surface area (Å²) < 4.78 is 39.3. The van der Waals surface area contributed by atoms with Crippen LogP contribution in [0.4, 0.5) is 14.5 Å². The number of nitrogens with one attached hydrogen (secondary N) is 2. The Kier molecular flexibility index (Phi) is 7.11. The predicted molar refractivity (Wildman–Crippen MR) is 129 cm³/mol. The van der Waals surface area contributed by atoms with Gasteiger partial charge < -0.3 is 25.2 Å². The normalized spacial score (nSPS) is 21.9. The first-order valence-corrected chi connectivity index (χ1v) is 11.9. The highest BCUT2D eigenvalue weighted by molar-refractivity contribution is 6.04. The molecule has 37 heavy (non-hydrogen) atoms. The smallest absolute Gasteiger partial charge is 0.257 e. The zero-order valence-electron chi connectivity index (χ0n) is 19.7. The van der Waals surface area contributed by atoms with E-state index in [0.717, 1.165) is 23.8 Å². The summed E-state index contributed by atoms with van der Waals surface area (Å²) >= 11 is 0. The van der Waals surface area contributed by atoms with Crippen LogP contribution in [0.15, 0.2) is 60.9 Å². The van der Waals surface area contributed by atoms with Crippen LogP contribution in [0.5, 0.6) is 5.75 Å². The summed E-state index contributed by atoms with van der Waals surface area (Å²) in [7, 11) is 0. The largest absolute Gasteiger partial charge is 0.487 e. The van der Waals surface area contributed by atoms with E-state index in [2.05, 4.69) is 15.6 Å². The molecular formula is C27H25F2N3O5. The maximum absolute atomic E-state index is 13.9. The monoisotopic (exact) mass is 509 g/mol. The van der Waals surface area contributed by atoms with Crippen LogP contribution >= 0.6 is 0 Å². The molecule has 3 heterocycles. The van der Waals surface area contributed by atoms with Gasteiger partial charge in [0.2, 0.25) is 5.91 Å². The van der Waals surface area contributed by atoms with E-state index in [1.165, 1.54) is 6.20 Å². The van der Waals surface area contributed by atoms with E-state index in [1.807, 2.05) is 6.07 Å². The Hall–Kier alpha value is -3.89. The third-order valence-corrected chi connectivity index (χ3v) is 6.58. The number of fused-ring (bicyclic) bond motifs is 3. The number of hydrogen-bond donors (Lipinski definition) is 3. The Labute approximate surface area is 211 Å². The molecule has 2 aliphatic heterocycles. The Balaban J connectivity index is 1.26. The van der Waals surface area contributed by atoms with E-state index >= 15 is 0 Å². The number of carbonyl (C=O) groups is 2. The van der Waals surface area contributed by atoms with Crippen molar-refractivity contribution < 1.29 is 33.0 Å². The molecule has 2 aromatic carbocycles.